The van der Waals surface area contributed by atoms with E-state index in [9.17, 15) is 4.39 Å². The number of ether oxygens (including phenoxy) is 1. The molecule has 2 N–H and O–H groups in total. The standard InChI is InChI=1S/C14H13FN4O/c1-8-9(15)4-3-5-11(8)19-13-10(17-14(19)16)6-7-12(18-13)20-2/h3-7H,1-2H3,(H2,16,17). The molecule has 5 nitrogen and oxygen atoms in total. The smallest absolute Gasteiger partial charge is 0.215 e. The molecule has 0 radical (unpaired) electrons. The molecule has 1 aromatic carbocycles. The molecule has 0 aliphatic heterocycles. The summed E-state index contributed by atoms with van der Waals surface area (Å²) < 4.78 is 20.5. The minimum atomic E-state index is -0.299. The molecule has 0 atom stereocenters. The second-order valence-electron chi connectivity index (χ2n) is 4.39. The fraction of sp³-hybridized carbons (Fsp3) is 0.143. The van der Waals surface area contributed by atoms with Gasteiger partial charge in [0, 0.05) is 11.6 Å². The number of nitrogens with two attached hydrogens (primary N) is 1. The Bertz CT molecular complexity index is 797. The van der Waals surface area contributed by atoms with Gasteiger partial charge in [-0.15, -0.1) is 0 Å². The third kappa shape index (κ3) is 1.77. The fourth-order valence-corrected chi connectivity index (χ4v) is 2.15. The van der Waals surface area contributed by atoms with Crippen molar-refractivity contribution in [2.75, 3.05) is 12.8 Å². The zero-order valence-electron chi connectivity index (χ0n) is 11.1. The first-order valence-corrected chi connectivity index (χ1v) is 6.06. The number of rotatable bonds is 2. The Morgan fingerprint density at radius 3 is 2.75 bits per heavy atom. The van der Waals surface area contributed by atoms with Crippen molar-refractivity contribution in [1.82, 2.24) is 14.5 Å². The normalized spacial score (nSPS) is 10.9. The predicted molar refractivity (Wildman–Crippen MR) is 74.5 cm³/mol. The topological polar surface area (TPSA) is 66.0 Å². The van der Waals surface area contributed by atoms with Gasteiger partial charge in [0.1, 0.15) is 11.3 Å². The van der Waals surface area contributed by atoms with Gasteiger partial charge in [-0.05, 0) is 25.1 Å². The van der Waals surface area contributed by atoms with E-state index in [0.717, 1.165) is 0 Å². The molecular formula is C14H13FN4O. The molecule has 6 heteroatoms. The number of halogens is 1. The Morgan fingerprint density at radius 2 is 2.00 bits per heavy atom. The number of benzene rings is 1. The highest BCUT2D eigenvalue weighted by Gasteiger charge is 2.15. The van der Waals surface area contributed by atoms with Crippen LogP contribution in [0.2, 0.25) is 0 Å². The minimum absolute atomic E-state index is 0.259. The van der Waals surface area contributed by atoms with Crippen molar-refractivity contribution in [3.63, 3.8) is 0 Å². The van der Waals surface area contributed by atoms with Gasteiger partial charge in [-0.25, -0.2) is 9.37 Å². The highest BCUT2D eigenvalue weighted by Crippen LogP contribution is 2.26. The molecule has 0 bridgehead atoms. The molecule has 0 spiro atoms. The maximum absolute atomic E-state index is 13.7. The van der Waals surface area contributed by atoms with Gasteiger partial charge in [-0.2, -0.15) is 4.98 Å². The van der Waals surface area contributed by atoms with Gasteiger partial charge in [0.2, 0.25) is 11.8 Å². The summed E-state index contributed by atoms with van der Waals surface area (Å²) in [4.78, 5) is 8.57. The molecule has 0 unspecified atom stereocenters. The lowest BCUT2D eigenvalue weighted by atomic mass is 10.2. The maximum atomic E-state index is 13.7. The van der Waals surface area contributed by atoms with Gasteiger partial charge in [-0.1, -0.05) is 6.07 Å². The first-order valence-electron chi connectivity index (χ1n) is 6.06. The van der Waals surface area contributed by atoms with Gasteiger partial charge in [-0.3, -0.25) is 4.57 Å². The summed E-state index contributed by atoms with van der Waals surface area (Å²) in [5, 5.41) is 0. The van der Waals surface area contributed by atoms with Crippen molar-refractivity contribution >= 4 is 17.1 Å². The molecule has 0 saturated heterocycles. The SMILES string of the molecule is COc1ccc2nc(N)n(-c3cccc(F)c3C)c2n1. The Kier molecular flexibility index (Phi) is 2.78. The Labute approximate surface area is 114 Å². The van der Waals surface area contributed by atoms with Gasteiger partial charge in [0.15, 0.2) is 5.65 Å². The van der Waals surface area contributed by atoms with Crippen LogP contribution in [0.3, 0.4) is 0 Å². The molecule has 0 aliphatic rings. The molecule has 0 amide bonds. The fourth-order valence-electron chi connectivity index (χ4n) is 2.15. The summed E-state index contributed by atoms with van der Waals surface area (Å²) in [7, 11) is 1.53. The Balaban J connectivity index is 2.35. The van der Waals surface area contributed by atoms with E-state index in [4.69, 9.17) is 10.5 Å². The lowest BCUT2D eigenvalue weighted by Crippen LogP contribution is -2.04. The Hall–Kier alpha value is -2.63. The van der Waals surface area contributed by atoms with Crippen LogP contribution in [-0.4, -0.2) is 21.6 Å². The summed E-state index contributed by atoms with van der Waals surface area (Å²) in [5.41, 5.74) is 8.22. The quantitative estimate of drug-likeness (QED) is 0.778. The van der Waals surface area contributed by atoms with E-state index < -0.39 is 0 Å². The number of anilines is 1. The van der Waals surface area contributed by atoms with Crippen molar-refractivity contribution in [3.8, 4) is 11.6 Å². The van der Waals surface area contributed by atoms with Crippen molar-refractivity contribution < 1.29 is 9.13 Å². The summed E-state index contributed by atoms with van der Waals surface area (Å²) in [6, 6.07) is 8.28. The zero-order chi connectivity index (χ0) is 14.3. The number of hydrogen-bond acceptors (Lipinski definition) is 4. The maximum Gasteiger partial charge on any atom is 0.215 e. The number of methoxy groups -OCH3 is 1. The van der Waals surface area contributed by atoms with Gasteiger partial charge >= 0.3 is 0 Å². The zero-order valence-corrected chi connectivity index (χ0v) is 11.1. The number of nitrogen functional groups attached to an aromatic ring is 1. The van der Waals surface area contributed by atoms with Gasteiger partial charge in [0.05, 0.1) is 12.8 Å². The first-order chi connectivity index (χ1) is 9.61. The average molecular weight is 272 g/mol. The molecule has 3 rings (SSSR count). The minimum Gasteiger partial charge on any atom is -0.481 e. The van der Waals surface area contributed by atoms with Crippen molar-refractivity contribution in [1.29, 1.82) is 0 Å². The second-order valence-corrected chi connectivity index (χ2v) is 4.39. The van der Waals surface area contributed by atoms with Crippen LogP contribution in [0.25, 0.3) is 16.9 Å². The number of aromatic nitrogens is 3. The van der Waals surface area contributed by atoms with Crippen LogP contribution in [0.5, 0.6) is 5.88 Å². The number of imidazole rings is 1. The highest BCUT2D eigenvalue weighted by molar-refractivity contribution is 5.78. The van der Waals surface area contributed by atoms with Crippen LogP contribution in [0, 0.1) is 12.7 Å². The van der Waals surface area contributed by atoms with Crippen LogP contribution in [0.4, 0.5) is 10.3 Å². The summed E-state index contributed by atoms with van der Waals surface area (Å²) >= 11 is 0. The van der Waals surface area contributed by atoms with Crippen LogP contribution in [-0.2, 0) is 0 Å². The largest absolute Gasteiger partial charge is 0.481 e. The summed E-state index contributed by atoms with van der Waals surface area (Å²) in [6.07, 6.45) is 0. The van der Waals surface area contributed by atoms with Crippen molar-refractivity contribution in [2.24, 2.45) is 0 Å². The molecule has 0 aliphatic carbocycles. The Morgan fingerprint density at radius 1 is 1.20 bits per heavy atom. The van der Waals surface area contributed by atoms with E-state index in [2.05, 4.69) is 9.97 Å². The molecular weight excluding hydrogens is 259 g/mol. The average Bonchev–Trinajstić information content (AvgIpc) is 2.77. The van der Waals surface area contributed by atoms with Crippen LogP contribution in [0.15, 0.2) is 30.3 Å². The third-order valence-corrected chi connectivity index (χ3v) is 3.19. The van der Waals surface area contributed by atoms with Crippen molar-refractivity contribution in [3.05, 3.63) is 41.7 Å². The second kappa shape index (κ2) is 4.48. The van der Waals surface area contributed by atoms with Crippen LogP contribution in [0.1, 0.15) is 5.56 Å². The molecule has 0 fully saturated rings. The van der Waals surface area contributed by atoms with Crippen molar-refractivity contribution in [2.45, 2.75) is 6.92 Å². The molecule has 2 heterocycles. The number of hydrogen-bond donors (Lipinski definition) is 1. The summed E-state index contributed by atoms with van der Waals surface area (Å²) in [6.45, 7) is 1.69. The number of nitrogens with zero attached hydrogens (tertiary/aromatic N) is 3. The monoisotopic (exact) mass is 272 g/mol. The molecule has 20 heavy (non-hydrogen) atoms. The van der Waals surface area contributed by atoms with E-state index in [1.807, 2.05) is 0 Å². The lowest BCUT2D eigenvalue weighted by Gasteiger charge is -2.10. The lowest BCUT2D eigenvalue weighted by molar-refractivity contribution is 0.399. The van der Waals surface area contributed by atoms with E-state index in [1.54, 1.807) is 35.8 Å². The highest BCUT2D eigenvalue weighted by atomic mass is 19.1. The molecule has 3 aromatic rings. The predicted octanol–water partition coefficient (Wildman–Crippen LogP) is 2.46. The van der Waals surface area contributed by atoms with Crippen LogP contribution < -0.4 is 10.5 Å². The first kappa shape index (κ1) is 12.4. The van der Waals surface area contributed by atoms with E-state index in [0.29, 0.717) is 28.3 Å². The summed E-state index contributed by atoms with van der Waals surface area (Å²) in [5.74, 6) is 0.411. The molecule has 0 saturated carbocycles. The molecule has 2 aromatic heterocycles. The van der Waals surface area contributed by atoms with E-state index in [1.165, 1.54) is 13.2 Å². The molecule has 102 valence electrons. The van der Waals surface area contributed by atoms with Gasteiger partial charge in [0.25, 0.3) is 0 Å². The van der Waals surface area contributed by atoms with Gasteiger partial charge < -0.3 is 10.5 Å². The van der Waals surface area contributed by atoms with E-state index >= 15 is 0 Å². The van der Waals surface area contributed by atoms with E-state index in [-0.39, 0.29) is 11.8 Å². The number of pyridine rings is 1. The number of fused-ring (bicyclic) bond motifs is 1. The third-order valence-electron chi connectivity index (χ3n) is 3.19. The van der Waals surface area contributed by atoms with Crippen LogP contribution >= 0.6 is 0 Å².